The summed E-state index contributed by atoms with van der Waals surface area (Å²) in [5, 5.41) is 6.31. The van der Waals surface area contributed by atoms with Crippen molar-refractivity contribution >= 4 is 17.5 Å². The summed E-state index contributed by atoms with van der Waals surface area (Å²) in [5.74, 6) is 0.504. The van der Waals surface area contributed by atoms with Crippen molar-refractivity contribution in [2.75, 3.05) is 26.6 Å². The zero-order valence-electron chi connectivity index (χ0n) is 15.8. The zero-order chi connectivity index (χ0) is 18.8. The fraction of sp³-hybridized carbons (Fsp3) is 0.579. The monoisotopic (exact) mass is 361 g/mol. The highest BCUT2D eigenvalue weighted by Crippen LogP contribution is 2.37. The standard InChI is InChI=1S/C19H27N3O4/c1-11(23)20-16-7-12(8-17(25-3)18(16)26-4)19(24)22(2)15-9-13-5-6-14(10-15)21-13/h7-8,13-15,21H,5-6,9-10H2,1-4H3,(H,20,23). The molecule has 2 saturated heterocycles. The van der Waals surface area contributed by atoms with Gasteiger partial charge in [-0.25, -0.2) is 0 Å². The summed E-state index contributed by atoms with van der Waals surface area (Å²) < 4.78 is 10.7. The second kappa shape index (κ2) is 7.53. The first kappa shape index (κ1) is 18.5. The second-order valence-corrected chi connectivity index (χ2v) is 7.12. The van der Waals surface area contributed by atoms with Crippen molar-refractivity contribution < 1.29 is 19.1 Å². The number of hydrogen-bond donors (Lipinski definition) is 2. The van der Waals surface area contributed by atoms with Gasteiger partial charge in [-0.05, 0) is 37.8 Å². The first-order valence-electron chi connectivity index (χ1n) is 8.99. The molecule has 0 saturated carbocycles. The van der Waals surface area contributed by atoms with E-state index in [2.05, 4.69) is 10.6 Å². The van der Waals surface area contributed by atoms with Gasteiger partial charge in [-0.15, -0.1) is 0 Å². The van der Waals surface area contributed by atoms with Gasteiger partial charge >= 0.3 is 0 Å². The van der Waals surface area contributed by atoms with E-state index in [0.29, 0.717) is 34.8 Å². The molecular weight excluding hydrogens is 334 g/mol. The molecule has 2 N–H and O–H groups in total. The SMILES string of the molecule is COc1cc(C(=O)N(C)C2CC3CCC(C2)N3)cc(NC(C)=O)c1OC. The normalized spacial score (nSPS) is 24.1. The minimum atomic E-state index is -0.238. The van der Waals surface area contributed by atoms with Crippen LogP contribution in [0.5, 0.6) is 11.5 Å². The van der Waals surface area contributed by atoms with E-state index in [4.69, 9.17) is 9.47 Å². The molecule has 0 radical (unpaired) electrons. The largest absolute Gasteiger partial charge is 0.493 e. The summed E-state index contributed by atoms with van der Waals surface area (Å²) in [5.41, 5.74) is 0.904. The summed E-state index contributed by atoms with van der Waals surface area (Å²) >= 11 is 0. The molecule has 0 spiro atoms. The lowest BCUT2D eigenvalue weighted by atomic mass is 9.98. The number of rotatable bonds is 5. The number of carbonyl (C=O) groups is 2. The molecule has 2 unspecified atom stereocenters. The highest BCUT2D eigenvalue weighted by atomic mass is 16.5. The highest BCUT2D eigenvalue weighted by molar-refractivity contribution is 5.99. The number of benzene rings is 1. The van der Waals surface area contributed by atoms with Crippen LogP contribution in [0.15, 0.2) is 12.1 Å². The van der Waals surface area contributed by atoms with E-state index in [0.717, 1.165) is 12.8 Å². The maximum Gasteiger partial charge on any atom is 0.254 e. The minimum absolute atomic E-state index is 0.0798. The number of hydrogen-bond acceptors (Lipinski definition) is 5. The molecule has 7 heteroatoms. The molecule has 0 aliphatic carbocycles. The maximum absolute atomic E-state index is 13.1. The third-order valence-corrected chi connectivity index (χ3v) is 5.35. The Morgan fingerprint density at radius 3 is 2.35 bits per heavy atom. The number of methoxy groups -OCH3 is 2. The predicted octanol–water partition coefficient (Wildman–Crippen LogP) is 2.02. The Balaban J connectivity index is 1.87. The first-order chi connectivity index (χ1) is 12.4. The fourth-order valence-corrected chi connectivity index (χ4v) is 4.08. The van der Waals surface area contributed by atoms with Crippen LogP contribution in [0.25, 0.3) is 0 Å². The Bertz CT molecular complexity index is 694. The lowest BCUT2D eigenvalue weighted by molar-refractivity contribution is -0.114. The summed E-state index contributed by atoms with van der Waals surface area (Å²) in [7, 11) is 4.87. The van der Waals surface area contributed by atoms with Crippen LogP contribution >= 0.6 is 0 Å². The fourth-order valence-electron chi connectivity index (χ4n) is 4.08. The Hall–Kier alpha value is -2.28. The average molecular weight is 361 g/mol. The van der Waals surface area contributed by atoms with Gasteiger partial charge in [-0.1, -0.05) is 0 Å². The molecule has 1 aromatic carbocycles. The van der Waals surface area contributed by atoms with Gasteiger partial charge in [0.15, 0.2) is 11.5 Å². The number of carbonyl (C=O) groups excluding carboxylic acids is 2. The average Bonchev–Trinajstić information content (AvgIpc) is 2.96. The lowest BCUT2D eigenvalue weighted by Crippen LogP contribution is -2.48. The number of nitrogens with zero attached hydrogens (tertiary/aromatic N) is 1. The molecule has 0 aromatic heterocycles. The van der Waals surface area contributed by atoms with Crippen molar-refractivity contribution in [2.45, 2.75) is 50.7 Å². The van der Waals surface area contributed by atoms with Crippen molar-refractivity contribution in [3.8, 4) is 11.5 Å². The van der Waals surface area contributed by atoms with Gasteiger partial charge in [0.05, 0.1) is 19.9 Å². The van der Waals surface area contributed by atoms with E-state index in [1.54, 1.807) is 12.1 Å². The molecule has 142 valence electrons. The molecule has 2 atom stereocenters. The van der Waals surface area contributed by atoms with E-state index in [1.165, 1.54) is 34.0 Å². The smallest absolute Gasteiger partial charge is 0.254 e. The molecule has 7 nitrogen and oxygen atoms in total. The van der Waals surface area contributed by atoms with Gasteiger partial charge in [0.25, 0.3) is 5.91 Å². The van der Waals surface area contributed by atoms with Crippen LogP contribution < -0.4 is 20.1 Å². The topological polar surface area (TPSA) is 79.9 Å². The van der Waals surface area contributed by atoms with Gasteiger partial charge in [0.2, 0.25) is 5.91 Å². The van der Waals surface area contributed by atoms with Gasteiger partial charge in [-0.2, -0.15) is 0 Å². The Morgan fingerprint density at radius 1 is 1.15 bits per heavy atom. The van der Waals surface area contributed by atoms with E-state index >= 15 is 0 Å². The molecule has 2 aliphatic rings. The molecule has 2 amide bonds. The summed E-state index contributed by atoms with van der Waals surface area (Å²) in [6.45, 7) is 1.41. The van der Waals surface area contributed by atoms with Gasteiger partial charge in [0.1, 0.15) is 0 Å². The lowest BCUT2D eigenvalue weighted by Gasteiger charge is -2.35. The first-order valence-corrected chi connectivity index (χ1v) is 8.99. The third-order valence-electron chi connectivity index (χ3n) is 5.35. The van der Waals surface area contributed by atoms with Crippen LogP contribution in [0.1, 0.15) is 43.0 Å². The van der Waals surface area contributed by atoms with Crippen LogP contribution in [0.2, 0.25) is 0 Å². The van der Waals surface area contributed by atoms with E-state index in [1.807, 2.05) is 11.9 Å². The van der Waals surface area contributed by atoms with Gasteiger partial charge in [-0.3, -0.25) is 9.59 Å². The molecule has 1 aromatic rings. The van der Waals surface area contributed by atoms with E-state index < -0.39 is 0 Å². The zero-order valence-corrected chi connectivity index (χ0v) is 15.8. The van der Waals surface area contributed by atoms with Crippen molar-refractivity contribution in [3.63, 3.8) is 0 Å². The number of anilines is 1. The summed E-state index contributed by atoms with van der Waals surface area (Å²) in [6.07, 6.45) is 4.33. The van der Waals surface area contributed by atoms with Crippen LogP contribution in [-0.4, -0.2) is 56.1 Å². The molecule has 2 bridgehead atoms. The number of piperidine rings is 1. The Labute approximate surface area is 154 Å². The van der Waals surface area contributed by atoms with Crippen LogP contribution in [-0.2, 0) is 4.79 Å². The van der Waals surface area contributed by atoms with Crippen LogP contribution in [0, 0.1) is 0 Å². The number of fused-ring (bicyclic) bond motifs is 2. The Morgan fingerprint density at radius 2 is 1.81 bits per heavy atom. The number of ether oxygens (including phenoxy) is 2. The Kier molecular flexibility index (Phi) is 5.36. The molecule has 2 aliphatic heterocycles. The van der Waals surface area contributed by atoms with Gasteiger partial charge in [0, 0.05) is 37.7 Å². The summed E-state index contributed by atoms with van der Waals surface area (Å²) in [6, 6.07) is 4.55. The quantitative estimate of drug-likeness (QED) is 0.839. The van der Waals surface area contributed by atoms with Crippen LogP contribution in [0.3, 0.4) is 0 Å². The molecule has 2 heterocycles. The molecular formula is C19H27N3O4. The predicted molar refractivity (Wildman–Crippen MR) is 98.9 cm³/mol. The van der Waals surface area contributed by atoms with Crippen molar-refractivity contribution in [3.05, 3.63) is 17.7 Å². The number of nitrogens with one attached hydrogen (secondary N) is 2. The minimum Gasteiger partial charge on any atom is -0.493 e. The van der Waals surface area contributed by atoms with Crippen molar-refractivity contribution in [2.24, 2.45) is 0 Å². The van der Waals surface area contributed by atoms with Gasteiger partial charge < -0.3 is 25.0 Å². The second-order valence-electron chi connectivity index (χ2n) is 7.12. The summed E-state index contributed by atoms with van der Waals surface area (Å²) in [4.78, 5) is 26.4. The number of amides is 2. The molecule has 26 heavy (non-hydrogen) atoms. The third kappa shape index (κ3) is 3.62. The highest BCUT2D eigenvalue weighted by Gasteiger charge is 2.36. The van der Waals surface area contributed by atoms with E-state index in [-0.39, 0.29) is 17.9 Å². The van der Waals surface area contributed by atoms with Crippen molar-refractivity contribution in [1.29, 1.82) is 0 Å². The van der Waals surface area contributed by atoms with E-state index in [9.17, 15) is 9.59 Å². The molecule has 2 fully saturated rings. The maximum atomic E-state index is 13.1. The molecule has 3 rings (SSSR count). The van der Waals surface area contributed by atoms with Crippen molar-refractivity contribution in [1.82, 2.24) is 10.2 Å². The van der Waals surface area contributed by atoms with Crippen LogP contribution in [0.4, 0.5) is 5.69 Å².